The maximum absolute atomic E-state index is 13.1. The van der Waals surface area contributed by atoms with Crippen molar-refractivity contribution in [3.8, 4) is 0 Å². The molecule has 0 aliphatic carbocycles. The topological polar surface area (TPSA) is 41.1 Å². The van der Waals surface area contributed by atoms with Crippen LogP contribution in [0.15, 0.2) is 18.2 Å². The molecule has 1 aromatic rings. The van der Waals surface area contributed by atoms with Crippen LogP contribution in [-0.2, 0) is 17.5 Å². The van der Waals surface area contributed by atoms with E-state index in [1.54, 1.807) is 0 Å². The third-order valence-electron chi connectivity index (χ3n) is 2.42. The van der Waals surface area contributed by atoms with Gasteiger partial charge in [0.05, 0.1) is 5.56 Å². The summed E-state index contributed by atoms with van der Waals surface area (Å²) in [6, 6.07) is 2.37. The monoisotopic (exact) mass is 278 g/mol. The highest BCUT2D eigenvalue weighted by Crippen LogP contribution is 2.30. The average molecular weight is 278 g/mol. The van der Waals surface area contributed by atoms with E-state index in [1.807, 2.05) is 0 Å². The van der Waals surface area contributed by atoms with Gasteiger partial charge in [-0.1, -0.05) is 0 Å². The molecule has 1 aromatic carbocycles. The van der Waals surface area contributed by atoms with Gasteiger partial charge < -0.3 is 10.6 Å². The molecule has 106 valence electrons. The van der Waals surface area contributed by atoms with Crippen molar-refractivity contribution in [3.63, 3.8) is 0 Å². The predicted molar refractivity (Wildman–Crippen MR) is 61.8 cm³/mol. The minimum atomic E-state index is -4.57. The highest BCUT2D eigenvalue weighted by molar-refractivity contribution is 5.75. The first-order chi connectivity index (χ1) is 8.82. The van der Waals surface area contributed by atoms with Gasteiger partial charge in [-0.25, -0.2) is 4.39 Å². The zero-order valence-corrected chi connectivity index (χ0v) is 10.3. The van der Waals surface area contributed by atoms with Gasteiger partial charge in [0.15, 0.2) is 0 Å². The Bertz CT molecular complexity index is 446. The SMILES string of the molecule is CNC(=O)CCNCc1cc(F)cc(C(F)(F)F)c1. The first kappa shape index (κ1) is 15.4. The van der Waals surface area contributed by atoms with E-state index in [0.29, 0.717) is 12.6 Å². The minimum Gasteiger partial charge on any atom is -0.359 e. The zero-order chi connectivity index (χ0) is 14.5. The number of carbonyl (C=O) groups is 1. The summed E-state index contributed by atoms with van der Waals surface area (Å²) in [5, 5.41) is 5.19. The number of amides is 1. The normalized spacial score (nSPS) is 11.4. The van der Waals surface area contributed by atoms with Crippen LogP contribution in [0.1, 0.15) is 17.5 Å². The molecule has 0 atom stereocenters. The summed E-state index contributed by atoms with van der Waals surface area (Å²) in [6.07, 6.45) is -4.36. The second kappa shape index (κ2) is 6.51. The summed E-state index contributed by atoms with van der Waals surface area (Å²) in [5.41, 5.74) is -0.833. The highest BCUT2D eigenvalue weighted by atomic mass is 19.4. The first-order valence-corrected chi connectivity index (χ1v) is 5.61. The molecule has 2 N–H and O–H groups in total. The van der Waals surface area contributed by atoms with Crippen LogP contribution in [0.25, 0.3) is 0 Å². The molecule has 0 aromatic heterocycles. The third-order valence-corrected chi connectivity index (χ3v) is 2.42. The quantitative estimate of drug-likeness (QED) is 0.639. The number of benzene rings is 1. The molecule has 3 nitrogen and oxygen atoms in total. The van der Waals surface area contributed by atoms with Crippen molar-refractivity contribution in [1.29, 1.82) is 0 Å². The number of hydrogen-bond acceptors (Lipinski definition) is 2. The van der Waals surface area contributed by atoms with Crippen LogP contribution in [0.2, 0.25) is 0 Å². The van der Waals surface area contributed by atoms with Gasteiger partial charge in [-0.2, -0.15) is 13.2 Å². The second-order valence-electron chi connectivity index (χ2n) is 3.95. The number of hydrogen-bond donors (Lipinski definition) is 2. The van der Waals surface area contributed by atoms with E-state index in [-0.39, 0.29) is 24.4 Å². The number of nitrogens with one attached hydrogen (secondary N) is 2. The Morgan fingerprint density at radius 2 is 1.95 bits per heavy atom. The van der Waals surface area contributed by atoms with E-state index >= 15 is 0 Å². The van der Waals surface area contributed by atoms with E-state index in [0.717, 1.165) is 12.1 Å². The molecule has 0 radical (unpaired) electrons. The van der Waals surface area contributed by atoms with Crippen molar-refractivity contribution >= 4 is 5.91 Å². The zero-order valence-electron chi connectivity index (χ0n) is 10.3. The van der Waals surface area contributed by atoms with E-state index in [4.69, 9.17) is 0 Å². The fourth-order valence-corrected chi connectivity index (χ4v) is 1.48. The summed E-state index contributed by atoms with van der Waals surface area (Å²) < 4.78 is 50.4. The molecule has 0 bridgehead atoms. The molecule has 0 unspecified atom stereocenters. The van der Waals surface area contributed by atoms with Gasteiger partial charge in [0.1, 0.15) is 5.82 Å². The summed E-state index contributed by atoms with van der Waals surface area (Å²) in [5.74, 6) is -1.11. The molecule has 0 saturated heterocycles. The van der Waals surface area contributed by atoms with Gasteiger partial charge in [0.25, 0.3) is 0 Å². The summed E-state index contributed by atoms with van der Waals surface area (Å²) in [7, 11) is 1.49. The molecule has 0 heterocycles. The fourth-order valence-electron chi connectivity index (χ4n) is 1.48. The summed E-state index contributed by atoms with van der Waals surface area (Å²) >= 11 is 0. The van der Waals surface area contributed by atoms with Crippen LogP contribution in [0.4, 0.5) is 17.6 Å². The van der Waals surface area contributed by atoms with Gasteiger partial charge in [0.2, 0.25) is 5.91 Å². The molecule has 0 aliphatic rings. The van der Waals surface area contributed by atoms with E-state index in [1.165, 1.54) is 7.05 Å². The maximum Gasteiger partial charge on any atom is 0.416 e. The van der Waals surface area contributed by atoms with E-state index in [2.05, 4.69) is 10.6 Å². The Kier molecular flexibility index (Phi) is 5.29. The average Bonchev–Trinajstić information content (AvgIpc) is 2.32. The third kappa shape index (κ3) is 5.25. The Balaban J connectivity index is 2.59. The van der Waals surface area contributed by atoms with Crippen molar-refractivity contribution in [3.05, 3.63) is 35.1 Å². The lowest BCUT2D eigenvalue weighted by Crippen LogP contribution is -2.24. The molecular formula is C12H14F4N2O. The van der Waals surface area contributed by atoms with Crippen LogP contribution in [0, 0.1) is 5.82 Å². The maximum atomic E-state index is 13.1. The number of rotatable bonds is 5. The van der Waals surface area contributed by atoms with Crippen LogP contribution >= 0.6 is 0 Å². The molecule has 0 saturated carbocycles. The highest BCUT2D eigenvalue weighted by Gasteiger charge is 2.31. The number of alkyl halides is 3. The summed E-state index contributed by atoms with van der Waals surface area (Å²) in [6.45, 7) is 0.370. The van der Waals surface area contributed by atoms with Gasteiger partial charge in [-0.3, -0.25) is 4.79 Å². The molecule has 7 heteroatoms. The molecular weight excluding hydrogens is 264 g/mol. The molecule has 1 rings (SSSR count). The largest absolute Gasteiger partial charge is 0.416 e. The Morgan fingerprint density at radius 3 is 2.53 bits per heavy atom. The lowest BCUT2D eigenvalue weighted by Gasteiger charge is -2.10. The van der Waals surface area contributed by atoms with Crippen LogP contribution in [0.5, 0.6) is 0 Å². The molecule has 0 fully saturated rings. The molecule has 0 spiro atoms. The van der Waals surface area contributed by atoms with Gasteiger partial charge >= 0.3 is 6.18 Å². The van der Waals surface area contributed by atoms with Gasteiger partial charge in [0, 0.05) is 26.6 Å². The summed E-state index contributed by atoms with van der Waals surface area (Å²) in [4.78, 5) is 10.9. The minimum absolute atomic E-state index is 0.0673. The smallest absolute Gasteiger partial charge is 0.359 e. The standard InChI is InChI=1S/C12H14F4N2O/c1-17-11(19)2-3-18-7-8-4-9(12(14,15)16)6-10(13)5-8/h4-6,18H,2-3,7H2,1H3,(H,17,19). The Labute approximate surface area is 108 Å². The number of halogens is 4. The van der Waals surface area contributed by atoms with Crippen LogP contribution < -0.4 is 10.6 Å². The number of carbonyl (C=O) groups excluding carboxylic acids is 1. The van der Waals surface area contributed by atoms with Crippen molar-refractivity contribution in [2.45, 2.75) is 19.1 Å². The van der Waals surface area contributed by atoms with Crippen molar-refractivity contribution in [1.82, 2.24) is 10.6 Å². The van der Waals surface area contributed by atoms with Crippen molar-refractivity contribution < 1.29 is 22.4 Å². The lowest BCUT2D eigenvalue weighted by molar-refractivity contribution is -0.137. The second-order valence-corrected chi connectivity index (χ2v) is 3.95. The lowest BCUT2D eigenvalue weighted by atomic mass is 10.1. The van der Waals surface area contributed by atoms with Crippen molar-refractivity contribution in [2.75, 3.05) is 13.6 Å². The van der Waals surface area contributed by atoms with Crippen LogP contribution in [-0.4, -0.2) is 19.5 Å². The molecule has 19 heavy (non-hydrogen) atoms. The van der Waals surface area contributed by atoms with Crippen LogP contribution in [0.3, 0.4) is 0 Å². The Morgan fingerprint density at radius 1 is 1.26 bits per heavy atom. The van der Waals surface area contributed by atoms with Crippen molar-refractivity contribution in [2.24, 2.45) is 0 Å². The predicted octanol–water partition coefficient (Wildman–Crippen LogP) is 2.07. The molecule has 1 amide bonds. The van der Waals surface area contributed by atoms with E-state index in [9.17, 15) is 22.4 Å². The van der Waals surface area contributed by atoms with Gasteiger partial charge in [-0.05, 0) is 23.8 Å². The first-order valence-electron chi connectivity index (χ1n) is 5.61. The van der Waals surface area contributed by atoms with Gasteiger partial charge in [-0.15, -0.1) is 0 Å². The Hall–Kier alpha value is -1.63. The molecule has 0 aliphatic heterocycles. The van der Waals surface area contributed by atoms with E-state index < -0.39 is 17.6 Å². The fraction of sp³-hybridized carbons (Fsp3) is 0.417.